The van der Waals surface area contributed by atoms with Gasteiger partial charge in [0, 0.05) is 25.5 Å². The van der Waals surface area contributed by atoms with Crippen LogP contribution >= 0.6 is 11.6 Å². The van der Waals surface area contributed by atoms with Gasteiger partial charge in [-0.25, -0.2) is 5.01 Å². The van der Waals surface area contributed by atoms with Crippen LogP contribution in [0.15, 0.2) is 52.2 Å². The third-order valence-electron chi connectivity index (χ3n) is 4.62. The molecular formula is C20H24ClN4O3+. The van der Waals surface area contributed by atoms with Gasteiger partial charge < -0.3 is 14.2 Å². The van der Waals surface area contributed by atoms with Gasteiger partial charge in [-0.3, -0.25) is 9.59 Å². The summed E-state index contributed by atoms with van der Waals surface area (Å²) < 4.78 is 5.55. The Morgan fingerprint density at radius 2 is 1.96 bits per heavy atom. The smallest absolute Gasteiger partial charge is 0.298 e. The van der Waals surface area contributed by atoms with Crippen molar-refractivity contribution in [3.63, 3.8) is 0 Å². The van der Waals surface area contributed by atoms with E-state index in [1.54, 1.807) is 38.6 Å². The Kier molecular flexibility index (Phi) is 6.16. The predicted octanol–water partition coefficient (Wildman–Crippen LogP) is 1.21. The van der Waals surface area contributed by atoms with Crippen LogP contribution in [0.3, 0.4) is 0 Å². The largest absolute Gasteiger partial charge is 0.467 e. The van der Waals surface area contributed by atoms with Crippen LogP contribution in [0, 0.1) is 0 Å². The zero-order valence-electron chi connectivity index (χ0n) is 16.2. The molecule has 28 heavy (non-hydrogen) atoms. The SMILES string of the molecule is CN(C)C(=O)C[NH+](C)CC(=O)N1N=C(c2ccc(Cl)cc2)C[C@H]1c1ccco1. The molecule has 0 bridgehead atoms. The number of carbonyl (C=O) groups is 2. The molecule has 2 amide bonds. The number of rotatable bonds is 6. The number of hydrazone groups is 1. The number of hydrogen-bond donors (Lipinski definition) is 1. The third kappa shape index (κ3) is 4.61. The Morgan fingerprint density at radius 1 is 1.25 bits per heavy atom. The summed E-state index contributed by atoms with van der Waals surface area (Å²) in [5, 5.41) is 6.71. The van der Waals surface area contributed by atoms with Gasteiger partial charge in [0.1, 0.15) is 11.8 Å². The van der Waals surface area contributed by atoms with Crippen LogP contribution in [0.4, 0.5) is 0 Å². The van der Waals surface area contributed by atoms with Gasteiger partial charge in [0.05, 0.1) is 19.0 Å². The number of quaternary nitrogens is 1. The maximum absolute atomic E-state index is 13.0. The molecule has 148 valence electrons. The lowest BCUT2D eigenvalue weighted by Crippen LogP contribution is -3.11. The van der Waals surface area contributed by atoms with Gasteiger partial charge in [-0.05, 0) is 29.8 Å². The van der Waals surface area contributed by atoms with Gasteiger partial charge in [-0.15, -0.1) is 0 Å². The molecule has 0 spiro atoms. The van der Waals surface area contributed by atoms with E-state index in [0.717, 1.165) is 16.2 Å². The monoisotopic (exact) mass is 403 g/mol. The number of benzene rings is 1. The highest BCUT2D eigenvalue weighted by Crippen LogP contribution is 2.33. The van der Waals surface area contributed by atoms with Crippen molar-refractivity contribution in [1.29, 1.82) is 0 Å². The second-order valence-electron chi connectivity index (χ2n) is 7.13. The predicted molar refractivity (Wildman–Crippen MR) is 106 cm³/mol. The van der Waals surface area contributed by atoms with Crippen LogP contribution in [0.2, 0.25) is 5.02 Å². The Bertz CT molecular complexity index is 862. The van der Waals surface area contributed by atoms with E-state index in [2.05, 4.69) is 5.10 Å². The van der Waals surface area contributed by atoms with Gasteiger partial charge in [-0.2, -0.15) is 5.10 Å². The van der Waals surface area contributed by atoms with Crippen molar-refractivity contribution in [2.75, 3.05) is 34.2 Å². The minimum Gasteiger partial charge on any atom is -0.467 e. The molecule has 7 nitrogen and oxygen atoms in total. The van der Waals surface area contributed by atoms with Crippen molar-refractivity contribution in [2.45, 2.75) is 12.5 Å². The fourth-order valence-corrected chi connectivity index (χ4v) is 3.20. The van der Waals surface area contributed by atoms with Gasteiger partial charge in [0.2, 0.25) is 0 Å². The van der Waals surface area contributed by atoms with E-state index in [0.29, 0.717) is 17.2 Å². The first-order chi connectivity index (χ1) is 13.3. The Hall–Kier alpha value is -2.64. The molecule has 1 N–H and O–H groups in total. The molecule has 1 aliphatic rings. The van der Waals surface area contributed by atoms with Crippen LogP contribution < -0.4 is 4.90 Å². The number of nitrogens with zero attached hydrogens (tertiary/aromatic N) is 3. The number of carbonyl (C=O) groups excluding carboxylic acids is 2. The van der Waals surface area contributed by atoms with Crippen molar-refractivity contribution in [3.8, 4) is 0 Å². The van der Waals surface area contributed by atoms with E-state index in [1.807, 2.05) is 25.2 Å². The summed E-state index contributed by atoms with van der Waals surface area (Å²) in [5.74, 6) is 0.497. The molecule has 0 radical (unpaired) electrons. The van der Waals surface area contributed by atoms with Gasteiger partial charge >= 0.3 is 0 Å². The number of halogens is 1. The van der Waals surface area contributed by atoms with Crippen LogP contribution in [-0.4, -0.2) is 61.7 Å². The lowest BCUT2D eigenvalue weighted by atomic mass is 10.0. The number of amides is 2. The molecule has 3 rings (SSSR count). The molecule has 0 fully saturated rings. The van der Waals surface area contributed by atoms with Crippen LogP contribution in [0.5, 0.6) is 0 Å². The first-order valence-electron chi connectivity index (χ1n) is 9.05. The first-order valence-corrected chi connectivity index (χ1v) is 9.43. The molecule has 0 saturated carbocycles. The number of likely N-dealkylation sites (N-methyl/N-ethyl adjacent to an activating group) is 2. The van der Waals surface area contributed by atoms with Crippen molar-refractivity contribution >= 4 is 29.1 Å². The van der Waals surface area contributed by atoms with Gasteiger partial charge in [0.15, 0.2) is 13.1 Å². The summed E-state index contributed by atoms with van der Waals surface area (Å²) >= 11 is 5.98. The highest BCUT2D eigenvalue weighted by molar-refractivity contribution is 6.30. The van der Waals surface area contributed by atoms with E-state index in [9.17, 15) is 9.59 Å². The average Bonchev–Trinajstić information content (AvgIpc) is 3.31. The molecule has 1 aromatic heterocycles. The number of hydrogen-bond acceptors (Lipinski definition) is 4. The second kappa shape index (κ2) is 8.58. The quantitative estimate of drug-likeness (QED) is 0.788. The Morgan fingerprint density at radius 3 is 2.57 bits per heavy atom. The molecule has 2 heterocycles. The number of nitrogens with one attached hydrogen (secondary N) is 1. The van der Waals surface area contributed by atoms with Crippen LogP contribution in [0.1, 0.15) is 23.8 Å². The zero-order chi connectivity index (χ0) is 20.3. The first kappa shape index (κ1) is 20.1. The summed E-state index contributed by atoms with van der Waals surface area (Å²) in [6, 6.07) is 10.7. The van der Waals surface area contributed by atoms with Gasteiger partial charge in [0.25, 0.3) is 11.8 Å². The summed E-state index contributed by atoms with van der Waals surface area (Å²) in [7, 11) is 5.22. The number of furan rings is 1. The van der Waals surface area contributed by atoms with Gasteiger partial charge in [-0.1, -0.05) is 23.7 Å². The van der Waals surface area contributed by atoms with Crippen LogP contribution in [0.25, 0.3) is 0 Å². The van der Waals surface area contributed by atoms with E-state index in [4.69, 9.17) is 16.0 Å². The van der Waals surface area contributed by atoms with Crippen LogP contribution in [-0.2, 0) is 9.59 Å². The molecule has 1 unspecified atom stereocenters. The maximum atomic E-state index is 13.0. The molecule has 2 aromatic rings. The Balaban J connectivity index is 1.78. The molecule has 2 atom stereocenters. The summed E-state index contributed by atoms with van der Waals surface area (Å²) in [6.07, 6.45) is 2.14. The molecule has 1 aromatic carbocycles. The summed E-state index contributed by atoms with van der Waals surface area (Å²) in [5.41, 5.74) is 1.72. The maximum Gasteiger partial charge on any atom is 0.298 e. The van der Waals surface area contributed by atoms with E-state index >= 15 is 0 Å². The zero-order valence-corrected chi connectivity index (χ0v) is 16.9. The molecule has 0 aliphatic carbocycles. The van der Waals surface area contributed by atoms with E-state index in [1.165, 1.54) is 9.91 Å². The lowest BCUT2D eigenvalue weighted by molar-refractivity contribution is -0.863. The lowest BCUT2D eigenvalue weighted by Gasteiger charge is -2.22. The highest BCUT2D eigenvalue weighted by atomic mass is 35.5. The molecule has 8 heteroatoms. The summed E-state index contributed by atoms with van der Waals surface area (Å²) in [6.45, 7) is 0.403. The molecule has 1 aliphatic heterocycles. The highest BCUT2D eigenvalue weighted by Gasteiger charge is 2.36. The third-order valence-corrected chi connectivity index (χ3v) is 4.87. The van der Waals surface area contributed by atoms with E-state index < -0.39 is 0 Å². The van der Waals surface area contributed by atoms with Crippen molar-refractivity contribution in [1.82, 2.24) is 9.91 Å². The standard InChI is InChI=1S/C20H23ClN4O3/c1-23(2)19(26)12-24(3)13-20(27)25-17(18-5-4-10-28-18)11-16(22-25)14-6-8-15(21)9-7-14/h4-10,17H,11-13H2,1-3H3/p+1/t17-/m0/s1. The summed E-state index contributed by atoms with van der Waals surface area (Å²) in [4.78, 5) is 27.2. The molecule has 0 saturated heterocycles. The Labute approximate surface area is 169 Å². The second-order valence-corrected chi connectivity index (χ2v) is 7.56. The fraction of sp³-hybridized carbons (Fsp3) is 0.350. The van der Waals surface area contributed by atoms with Crippen molar-refractivity contribution in [3.05, 3.63) is 59.0 Å². The minimum atomic E-state index is -0.300. The minimum absolute atomic E-state index is 0.0281. The molecular weight excluding hydrogens is 380 g/mol. The average molecular weight is 404 g/mol. The van der Waals surface area contributed by atoms with Crippen molar-refractivity contribution in [2.24, 2.45) is 5.10 Å². The van der Waals surface area contributed by atoms with Crippen molar-refractivity contribution < 1.29 is 18.9 Å². The van der Waals surface area contributed by atoms with E-state index in [-0.39, 0.29) is 30.9 Å². The topological polar surface area (TPSA) is 70.6 Å². The fourth-order valence-electron chi connectivity index (χ4n) is 3.08. The normalized spacial score (nSPS) is 17.4.